The highest BCUT2D eigenvalue weighted by molar-refractivity contribution is 5.84. The van der Waals surface area contributed by atoms with E-state index in [1.165, 1.54) is 10.8 Å². The summed E-state index contributed by atoms with van der Waals surface area (Å²) in [5.74, 6) is 0. The van der Waals surface area contributed by atoms with E-state index in [1.807, 2.05) is 26.0 Å². The quantitative estimate of drug-likeness (QED) is 0.645. The van der Waals surface area contributed by atoms with E-state index in [0.717, 1.165) is 17.1 Å². The molecule has 0 unspecified atom stereocenters. The third-order valence-electron chi connectivity index (χ3n) is 3.40. The van der Waals surface area contributed by atoms with Crippen LogP contribution >= 0.6 is 0 Å². The van der Waals surface area contributed by atoms with Crippen LogP contribution in [0.5, 0.6) is 0 Å². The van der Waals surface area contributed by atoms with E-state index < -0.39 is 0 Å². The lowest BCUT2D eigenvalue weighted by atomic mass is 10.1. The average molecular weight is 249 g/mol. The van der Waals surface area contributed by atoms with Gasteiger partial charge >= 0.3 is 0 Å². The molecule has 0 N–H and O–H groups in total. The molecule has 0 amide bonds. The number of pyridine rings is 1. The van der Waals surface area contributed by atoms with Gasteiger partial charge in [0.1, 0.15) is 0 Å². The highest BCUT2D eigenvalue weighted by Gasteiger charge is 2.04. The number of fused-ring (bicyclic) bond motifs is 1. The van der Waals surface area contributed by atoms with Gasteiger partial charge in [-0.3, -0.25) is 4.79 Å². The summed E-state index contributed by atoms with van der Waals surface area (Å²) in [7, 11) is 0. The van der Waals surface area contributed by atoms with Gasteiger partial charge < -0.3 is 4.57 Å². The van der Waals surface area contributed by atoms with Crippen molar-refractivity contribution in [2.24, 2.45) is 0 Å². The van der Waals surface area contributed by atoms with E-state index in [0.29, 0.717) is 0 Å². The van der Waals surface area contributed by atoms with Crippen LogP contribution in [0.3, 0.4) is 0 Å². The Kier molecular flexibility index (Phi) is 2.71. The Morgan fingerprint density at radius 3 is 2.11 bits per heavy atom. The predicted octanol–water partition coefficient (Wildman–Crippen LogP) is 3.61. The topological polar surface area (TPSA) is 22.0 Å². The summed E-state index contributed by atoms with van der Waals surface area (Å²) >= 11 is 0. The monoisotopic (exact) mass is 249 g/mol. The van der Waals surface area contributed by atoms with E-state index in [4.69, 9.17) is 0 Å². The molecule has 1 heterocycles. The number of aryl methyl sites for hydroxylation is 2. The third kappa shape index (κ3) is 2.06. The molecule has 3 aromatic rings. The van der Waals surface area contributed by atoms with Crippen LogP contribution in [-0.2, 0) is 0 Å². The van der Waals surface area contributed by atoms with Gasteiger partial charge in [-0.1, -0.05) is 30.3 Å². The van der Waals surface area contributed by atoms with Crippen molar-refractivity contribution in [2.45, 2.75) is 13.8 Å². The zero-order valence-electron chi connectivity index (χ0n) is 11.1. The molecular weight excluding hydrogens is 234 g/mol. The molecule has 0 aliphatic heterocycles. The number of hydrogen-bond acceptors (Lipinski definition) is 1. The Bertz CT molecular complexity index is 789. The minimum absolute atomic E-state index is 0.0621. The van der Waals surface area contributed by atoms with E-state index in [2.05, 4.69) is 34.9 Å². The van der Waals surface area contributed by atoms with Crippen LogP contribution in [0.1, 0.15) is 11.4 Å². The van der Waals surface area contributed by atoms with Crippen molar-refractivity contribution in [3.8, 4) is 5.69 Å². The van der Waals surface area contributed by atoms with Crippen molar-refractivity contribution in [1.29, 1.82) is 0 Å². The molecular formula is C17H15NO. The zero-order valence-corrected chi connectivity index (χ0v) is 11.1. The highest BCUT2D eigenvalue weighted by Crippen LogP contribution is 2.20. The zero-order chi connectivity index (χ0) is 13.4. The Morgan fingerprint density at radius 1 is 0.789 bits per heavy atom. The van der Waals surface area contributed by atoms with Crippen molar-refractivity contribution in [2.75, 3.05) is 0 Å². The molecule has 2 heteroatoms. The first-order valence-electron chi connectivity index (χ1n) is 6.35. The van der Waals surface area contributed by atoms with Gasteiger partial charge in [0, 0.05) is 29.2 Å². The fourth-order valence-electron chi connectivity index (χ4n) is 2.58. The number of nitrogens with zero attached hydrogens (tertiary/aromatic N) is 1. The van der Waals surface area contributed by atoms with Crippen molar-refractivity contribution >= 4 is 10.8 Å². The van der Waals surface area contributed by atoms with Crippen LogP contribution in [0.15, 0.2) is 59.4 Å². The molecule has 0 spiro atoms. The highest BCUT2D eigenvalue weighted by atomic mass is 16.1. The molecule has 0 radical (unpaired) electrons. The van der Waals surface area contributed by atoms with Crippen LogP contribution in [-0.4, -0.2) is 4.57 Å². The second-order valence-corrected chi connectivity index (χ2v) is 4.84. The largest absolute Gasteiger partial charge is 0.318 e. The van der Waals surface area contributed by atoms with Gasteiger partial charge in [-0.15, -0.1) is 0 Å². The second-order valence-electron chi connectivity index (χ2n) is 4.84. The summed E-state index contributed by atoms with van der Waals surface area (Å²) in [5, 5.41) is 2.43. The van der Waals surface area contributed by atoms with Gasteiger partial charge in [0.25, 0.3) is 0 Å². The van der Waals surface area contributed by atoms with Crippen molar-refractivity contribution in [3.05, 3.63) is 76.2 Å². The summed E-state index contributed by atoms with van der Waals surface area (Å²) in [6.07, 6.45) is 0. The Morgan fingerprint density at radius 2 is 1.42 bits per heavy atom. The molecule has 0 aliphatic carbocycles. The molecule has 2 nitrogen and oxygen atoms in total. The molecule has 3 rings (SSSR count). The van der Waals surface area contributed by atoms with E-state index in [-0.39, 0.29) is 5.43 Å². The molecule has 19 heavy (non-hydrogen) atoms. The van der Waals surface area contributed by atoms with E-state index in [1.54, 1.807) is 12.1 Å². The fraction of sp³-hybridized carbons (Fsp3) is 0.118. The van der Waals surface area contributed by atoms with Crippen molar-refractivity contribution in [3.63, 3.8) is 0 Å². The fourth-order valence-corrected chi connectivity index (χ4v) is 2.58. The lowest BCUT2D eigenvalue weighted by molar-refractivity contribution is 0.924. The maximum Gasteiger partial charge on any atom is 0.182 e. The lowest BCUT2D eigenvalue weighted by Crippen LogP contribution is -2.11. The van der Waals surface area contributed by atoms with Crippen molar-refractivity contribution in [1.82, 2.24) is 4.57 Å². The second kappa shape index (κ2) is 4.39. The van der Waals surface area contributed by atoms with Crippen LogP contribution in [0.2, 0.25) is 0 Å². The molecule has 0 atom stereocenters. The Balaban J connectivity index is 2.27. The molecule has 0 saturated carbocycles. The number of benzene rings is 2. The standard InChI is InChI=1S/C17H15NO/c1-12-9-17(19)10-13(2)18(12)16-8-7-14-5-3-4-6-15(14)11-16/h3-11H,1-2H3. The SMILES string of the molecule is Cc1cc(=O)cc(C)n1-c1ccc2ccccc2c1. The lowest BCUT2D eigenvalue weighted by Gasteiger charge is -2.14. The maximum atomic E-state index is 11.5. The average Bonchev–Trinajstić information content (AvgIpc) is 2.37. The molecule has 94 valence electrons. The minimum atomic E-state index is 0.0621. The number of hydrogen-bond donors (Lipinski definition) is 0. The molecule has 0 saturated heterocycles. The number of aromatic nitrogens is 1. The Labute approximate surface area is 111 Å². The normalized spacial score (nSPS) is 10.8. The molecule has 0 bridgehead atoms. The molecule has 0 aliphatic rings. The smallest absolute Gasteiger partial charge is 0.182 e. The first-order chi connectivity index (χ1) is 9.15. The summed E-state index contributed by atoms with van der Waals surface area (Å²) < 4.78 is 2.10. The first-order valence-corrected chi connectivity index (χ1v) is 6.35. The van der Waals surface area contributed by atoms with Gasteiger partial charge in [-0.25, -0.2) is 0 Å². The van der Waals surface area contributed by atoms with Gasteiger partial charge in [0.15, 0.2) is 5.43 Å². The molecule has 2 aromatic carbocycles. The Hall–Kier alpha value is -2.35. The summed E-state index contributed by atoms with van der Waals surface area (Å²) in [6.45, 7) is 3.92. The molecule has 0 fully saturated rings. The van der Waals surface area contributed by atoms with Gasteiger partial charge in [-0.05, 0) is 36.8 Å². The van der Waals surface area contributed by atoms with E-state index in [9.17, 15) is 4.79 Å². The first kappa shape index (κ1) is 11.7. The summed E-state index contributed by atoms with van der Waals surface area (Å²) in [6, 6.07) is 18.0. The van der Waals surface area contributed by atoms with Gasteiger partial charge in [0.05, 0.1) is 0 Å². The third-order valence-corrected chi connectivity index (χ3v) is 3.40. The van der Waals surface area contributed by atoms with Crippen molar-refractivity contribution < 1.29 is 0 Å². The predicted molar refractivity (Wildman–Crippen MR) is 79.0 cm³/mol. The van der Waals surface area contributed by atoms with Crippen LogP contribution in [0.4, 0.5) is 0 Å². The van der Waals surface area contributed by atoms with Gasteiger partial charge in [-0.2, -0.15) is 0 Å². The maximum absolute atomic E-state index is 11.5. The van der Waals surface area contributed by atoms with Crippen LogP contribution < -0.4 is 5.43 Å². The van der Waals surface area contributed by atoms with Crippen LogP contribution in [0, 0.1) is 13.8 Å². The minimum Gasteiger partial charge on any atom is -0.318 e. The summed E-state index contributed by atoms with van der Waals surface area (Å²) in [5.41, 5.74) is 3.07. The number of rotatable bonds is 1. The van der Waals surface area contributed by atoms with Gasteiger partial charge in [0.2, 0.25) is 0 Å². The van der Waals surface area contributed by atoms with Crippen LogP contribution in [0.25, 0.3) is 16.5 Å². The molecule has 1 aromatic heterocycles. The van der Waals surface area contributed by atoms with E-state index >= 15 is 0 Å². The summed E-state index contributed by atoms with van der Waals surface area (Å²) in [4.78, 5) is 11.5.